The van der Waals surface area contributed by atoms with Gasteiger partial charge in [0.25, 0.3) is 11.5 Å². The average molecular weight is 373 g/mol. The largest absolute Gasteiger partial charge is 0.337 e. The van der Waals surface area contributed by atoms with E-state index in [1.165, 1.54) is 17.7 Å². The van der Waals surface area contributed by atoms with Crippen LogP contribution in [0.15, 0.2) is 15.6 Å². The summed E-state index contributed by atoms with van der Waals surface area (Å²) in [5, 5.41) is 4.50. The van der Waals surface area contributed by atoms with Crippen LogP contribution in [0.1, 0.15) is 65.6 Å². The van der Waals surface area contributed by atoms with Crippen LogP contribution in [0, 0.1) is 6.92 Å². The van der Waals surface area contributed by atoms with Crippen LogP contribution < -0.4 is 5.56 Å². The second-order valence-electron chi connectivity index (χ2n) is 6.77. The normalized spacial score (nSPS) is 17.5. The smallest absolute Gasteiger partial charge is 0.264 e. The molecule has 1 aliphatic heterocycles. The molecule has 4 heterocycles. The van der Waals surface area contributed by atoms with Gasteiger partial charge in [0.2, 0.25) is 5.89 Å². The van der Waals surface area contributed by atoms with Crippen molar-refractivity contribution in [2.24, 2.45) is 0 Å². The van der Waals surface area contributed by atoms with Crippen LogP contribution in [0.4, 0.5) is 0 Å². The van der Waals surface area contributed by atoms with Crippen LogP contribution in [0.3, 0.4) is 0 Å². The summed E-state index contributed by atoms with van der Waals surface area (Å²) in [7, 11) is 0. The van der Waals surface area contributed by atoms with Crippen LogP contribution in [0.2, 0.25) is 0 Å². The third-order valence-corrected chi connectivity index (χ3v) is 5.89. The minimum atomic E-state index is -0.224. The molecule has 26 heavy (non-hydrogen) atoms. The van der Waals surface area contributed by atoms with Crippen LogP contribution >= 0.6 is 11.3 Å². The first-order valence-corrected chi connectivity index (χ1v) is 9.40. The quantitative estimate of drug-likeness (QED) is 0.757. The number of fused-ring (bicyclic) bond motifs is 1. The van der Waals surface area contributed by atoms with E-state index < -0.39 is 0 Å². The number of carbonyl (C=O) groups is 1. The minimum absolute atomic E-state index is 0.114. The monoisotopic (exact) mass is 373 g/mol. The maximum absolute atomic E-state index is 13.2. The molecule has 0 radical (unpaired) electrons. The zero-order valence-electron chi connectivity index (χ0n) is 14.8. The second kappa shape index (κ2) is 6.31. The van der Waals surface area contributed by atoms with E-state index in [9.17, 15) is 9.59 Å². The lowest BCUT2D eigenvalue weighted by Gasteiger charge is -2.21. The van der Waals surface area contributed by atoms with Crippen LogP contribution in [0.25, 0.3) is 10.2 Å². The Morgan fingerprint density at radius 2 is 2.27 bits per heavy atom. The average Bonchev–Trinajstić information content (AvgIpc) is 3.32. The first-order chi connectivity index (χ1) is 12.5. The molecule has 136 valence electrons. The molecule has 3 aromatic rings. The predicted octanol–water partition coefficient (Wildman–Crippen LogP) is 2.78. The predicted molar refractivity (Wildman–Crippen MR) is 96.4 cm³/mol. The number of nitrogens with zero attached hydrogens (tertiary/aromatic N) is 4. The number of aromatic nitrogens is 4. The summed E-state index contributed by atoms with van der Waals surface area (Å²) in [6.07, 6.45) is 3.02. The number of H-pyrrole nitrogens is 1. The van der Waals surface area contributed by atoms with Crippen molar-refractivity contribution in [3.05, 3.63) is 38.8 Å². The summed E-state index contributed by atoms with van der Waals surface area (Å²) in [5.41, 5.74) is 0.447. The molecule has 8 nitrogen and oxygen atoms in total. The molecule has 0 aliphatic carbocycles. The Morgan fingerprint density at radius 3 is 2.96 bits per heavy atom. The van der Waals surface area contributed by atoms with Gasteiger partial charge in [-0.05, 0) is 25.3 Å². The van der Waals surface area contributed by atoms with E-state index in [0.717, 1.165) is 12.8 Å². The Labute approximate surface area is 153 Å². The number of amides is 1. The summed E-state index contributed by atoms with van der Waals surface area (Å²) < 4.78 is 5.42. The lowest BCUT2D eigenvalue weighted by atomic mass is 10.1. The number of hydrogen-bond donors (Lipinski definition) is 1. The highest BCUT2D eigenvalue weighted by atomic mass is 32.1. The summed E-state index contributed by atoms with van der Waals surface area (Å²) >= 11 is 1.25. The van der Waals surface area contributed by atoms with E-state index in [4.69, 9.17) is 4.52 Å². The van der Waals surface area contributed by atoms with Crippen molar-refractivity contribution < 1.29 is 9.32 Å². The second-order valence-corrected chi connectivity index (χ2v) is 7.77. The van der Waals surface area contributed by atoms with Crippen molar-refractivity contribution in [1.82, 2.24) is 25.0 Å². The van der Waals surface area contributed by atoms with Gasteiger partial charge in [0, 0.05) is 12.5 Å². The van der Waals surface area contributed by atoms with Crippen LogP contribution in [0.5, 0.6) is 0 Å². The number of thiophene rings is 1. The molecule has 0 spiro atoms. The van der Waals surface area contributed by atoms with Crippen LogP contribution in [-0.2, 0) is 0 Å². The Bertz CT molecular complexity index is 1030. The maximum Gasteiger partial charge on any atom is 0.264 e. The van der Waals surface area contributed by atoms with Gasteiger partial charge >= 0.3 is 0 Å². The molecule has 0 aromatic carbocycles. The van der Waals surface area contributed by atoms with Crippen molar-refractivity contribution in [3.63, 3.8) is 0 Å². The molecular formula is C17H19N5O3S. The molecule has 0 saturated carbocycles. The highest BCUT2D eigenvalue weighted by Gasteiger charge is 2.36. The molecule has 9 heteroatoms. The topological polar surface area (TPSA) is 105 Å². The molecule has 3 aromatic heterocycles. The SMILES string of the molecule is Cc1c(C(=O)N2CCC[C@H]2c2nc(C(C)C)no2)sc2nc[nH]c(=O)c12. The number of carbonyl (C=O) groups excluding carboxylic acids is 1. The zero-order valence-corrected chi connectivity index (χ0v) is 15.6. The van der Waals surface area contributed by atoms with Crippen molar-refractivity contribution in [2.75, 3.05) is 6.54 Å². The number of likely N-dealkylation sites (tertiary alicyclic amines) is 1. The fourth-order valence-electron chi connectivity index (χ4n) is 3.30. The zero-order chi connectivity index (χ0) is 18.4. The Kier molecular flexibility index (Phi) is 4.10. The molecule has 1 amide bonds. The summed E-state index contributed by atoms with van der Waals surface area (Å²) in [4.78, 5) is 39.3. The maximum atomic E-state index is 13.2. The van der Waals surface area contributed by atoms with Gasteiger partial charge in [0.15, 0.2) is 5.82 Å². The third-order valence-electron chi connectivity index (χ3n) is 4.70. The van der Waals surface area contributed by atoms with Gasteiger partial charge in [0.1, 0.15) is 10.9 Å². The molecule has 0 bridgehead atoms. The van der Waals surface area contributed by atoms with E-state index in [1.54, 1.807) is 11.8 Å². The van der Waals surface area contributed by atoms with Crippen molar-refractivity contribution in [1.29, 1.82) is 0 Å². The first kappa shape index (κ1) is 16.9. The number of aromatic amines is 1. The van der Waals surface area contributed by atoms with E-state index in [2.05, 4.69) is 20.1 Å². The Hall–Kier alpha value is -2.55. The standard InChI is InChI=1S/C17H19N5O3S/c1-8(2)13-20-15(25-21-13)10-5-4-6-22(10)17(24)12-9(3)11-14(23)18-7-19-16(11)26-12/h7-8,10H,4-6H2,1-3H3,(H,18,19,23)/t10-/m0/s1. The van der Waals surface area contributed by atoms with Gasteiger partial charge in [-0.1, -0.05) is 19.0 Å². The number of hydrogen-bond acceptors (Lipinski definition) is 7. The van der Waals surface area contributed by atoms with E-state index >= 15 is 0 Å². The fraction of sp³-hybridized carbons (Fsp3) is 0.471. The van der Waals surface area contributed by atoms with Gasteiger partial charge in [0.05, 0.1) is 16.6 Å². The number of nitrogens with one attached hydrogen (secondary N) is 1. The first-order valence-electron chi connectivity index (χ1n) is 8.58. The van der Waals surface area contributed by atoms with E-state index in [1.807, 2.05) is 13.8 Å². The molecular weight excluding hydrogens is 354 g/mol. The van der Waals surface area contributed by atoms with E-state index in [0.29, 0.717) is 38.9 Å². The molecule has 1 atom stereocenters. The summed E-state index contributed by atoms with van der Waals surface area (Å²) in [6.45, 7) is 6.41. The van der Waals surface area contributed by atoms with Gasteiger partial charge in [-0.15, -0.1) is 11.3 Å². The highest BCUT2D eigenvalue weighted by Crippen LogP contribution is 2.35. The number of rotatable bonds is 3. The fourth-order valence-corrected chi connectivity index (χ4v) is 4.40. The Balaban J connectivity index is 1.70. The Morgan fingerprint density at radius 1 is 1.46 bits per heavy atom. The molecule has 1 saturated heterocycles. The van der Waals surface area contributed by atoms with Crippen molar-refractivity contribution in [2.45, 2.75) is 45.6 Å². The lowest BCUT2D eigenvalue weighted by Crippen LogP contribution is -2.30. The third kappa shape index (κ3) is 2.63. The minimum Gasteiger partial charge on any atom is -0.337 e. The highest BCUT2D eigenvalue weighted by molar-refractivity contribution is 7.20. The molecule has 0 unspecified atom stereocenters. The summed E-state index contributed by atoms with van der Waals surface area (Å²) in [5.74, 6) is 1.18. The molecule has 1 N–H and O–H groups in total. The summed E-state index contributed by atoms with van der Waals surface area (Å²) in [6, 6.07) is -0.224. The van der Waals surface area contributed by atoms with Gasteiger partial charge in [-0.25, -0.2) is 4.98 Å². The van der Waals surface area contributed by atoms with Gasteiger partial charge < -0.3 is 14.4 Å². The lowest BCUT2D eigenvalue weighted by molar-refractivity contribution is 0.0714. The molecule has 4 rings (SSSR count). The number of aryl methyl sites for hydroxylation is 1. The van der Waals surface area contributed by atoms with Crippen LogP contribution in [-0.4, -0.2) is 37.5 Å². The van der Waals surface area contributed by atoms with E-state index in [-0.39, 0.29) is 23.4 Å². The van der Waals surface area contributed by atoms with Crippen molar-refractivity contribution >= 4 is 27.5 Å². The molecule has 1 aliphatic rings. The molecule has 1 fully saturated rings. The van der Waals surface area contributed by atoms with Crippen molar-refractivity contribution in [3.8, 4) is 0 Å². The van der Waals surface area contributed by atoms with Gasteiger partial charge in [-0.2, -0.15) is 4.98 Å². The van der Waals surface area contributed by atoms with Gasteiger partial charge in [-0.3, -0.25) is 9.59 Å².